The van der Waals surface area contributed by atoms with E-state index in [0.29, 0.717) is 18.8 Å². The first kappa shape index (κ1) is 14.5. The van der Waals surface area contributed by atoms with Crippen molar-refractivity contribution in [1.82, 2.24) is 4.72 Å². The number of hydrogen-bond acceptors (Lipinski definition) is 2. The van der Waals surface area contributed by atoms with Crippen molar-refractivity contribution in [2.45, 2.75) is 19.3 Å². The lowest BCUT2D eigenvalue weighted by Gasteiger charge is -2.06. The van der Waals surface area contributed by atoms with Gasteiger partial charge in [-0.1, -0.05) is 30.3 Å². The van der Waals surface area contributed by atoms with Gasteiger partial charge in [0.25, 0.3) is 0 Å². The Kier molecular flexibility index (Phi) is 6.55. The van der Waals surface area contributed by atoms with Gasteiger partial charge in [0.2, 0.25) is 10.0 Å². The zero-order valence-electron chi connectivity index (χ0n) is 9.73. The summed E-state index contributed by atoms with van der Waals surface area (Å²) in [6, 6.07) is 9.61. The highest BCUT2D eigenvalue weighted by Crippen LogP contribution is 2.01. The summed E-state index contributed by atoms with van der Waals surface area (Å²) in [6.45, 7) is 0.476. The molecule has 17 heavy (non-hydrogen) atoms. The average Bonchev–Trinajstić information content (AvgIpc) is 2.34. The van der Waals surface area contributed by atoms with Gasteiger partial charge in [-0.3, -0.25) is 0 Å². The van der Waals surface area contributed by atoms with Crippen LogP contribution in [0.4, 0.5) is 0 Å². The van der Waals surface area contributed by atoms with Gasteiger partial charge in [-0.15, -0.1) is 11.6 Å². The lowest BCUT2D eigenvalue weighted by molar-refractivity contribution is 0.577. The monoisotopic (exact) mass is 275 g/mol. The summed E-state index contributed by atoms with van der Waals surface area (Å²) in [4.78, 5) is 0. The second-order valence-corrected chi connectivity index (χ2v) is 6.15. The Labute approximate surface area is 108 Å². The van der Waals surface area contributed by atoms with Crippen LogP contribution in [-0.2, 0) is 16.4 Å². The zero-order valence-corrected chi connectivity index (χ0v) is 11.3. The van der Waals surface area contributed by atoms with Gasteiger partial charge in [0.15, 0.2) is 0 Å². The summed E-state index contributed by atoms with van der Waals surface area (Å²) in [6.07, 6.45) is 2.17. The highest BCUT2D eigenvalue weighted by atomic mass is 35.5. The molecule has 0 aliphatic rings. The van der Waals surface area contributed by atoms with Crippen molar-refractivity contribution in [3.63, 3.8) is 0 Å². The summed E-state index contributed by atoms with van der Waals surface area (Å²) < 4.78 is 25.8. The molecule has 0 bridgehead atoms. The molecule has 1 aromatic rings. The Morgan fingerprint density at radius 1 is 1.12 bits per heavy atom. The third-order valence-electron chi connectivity index (χ3n) is 2.38. The number of sulfonamides is 1. The molecule has 0 atom stereocenters. The van der Waals surface area contributed by atoms with Crippen LogP contribution >= 0.6 is 11.6 Å². The number of hydrogen-bond donors (Lipinski definition) is 1. The van der Waals surface area contributed by atoms with Crippen molar-refractivity contribution in [2.24, 2.45) is 0 Å². The fourth-order valence-corrected chi connectivity index (χ4v) is 2.71. The van der Waals surface area contributed by atoms with Crippen LogP contribution in [0.2, 0.25) is 0 Å². The molecule has 0 aliphatic heterocycles. The van der Waals surface area contributed by atoms with Crippen molar-refractivity contribution in [1.29, 1.82) is 0 Å². The standard InChI is InChI=1S/C12H18ClNO2S/c13-9-4-5-10-14-17(15,16)11-8-12-6-2-1-3-7-12/h1-3,6-7,14H,4-5,8-11H2. The quantitative estimate of drug-likeness (QED) is 0.584. The first-order chi connectivity index (χ1) is 8.14. The molecule has 1 rings (SSSR count). The second-order valence-electron chi connectivity index (χ2n) is 3.84. The van der Waals surface area contributed by atoms with Crippen LogP contribution in [-0.4, -0.2) is 26.6 Å². The maximum absolute atomic E-state index is 11.6. The zero-order chi connectivity index (χ0) is 12.6. The predicted molar refractivity (Wildman–Crippen MR) is 71.9 cm³/mol. The molecule has 3 nitrogen and oxygen atoms in total. The minimum atomic E-state index is -3.15. The van der Waals surface area contributed by atoms with Gasteiger partial charge in [-0.05, 0) is 24.8 Å². The summed E-state index contributed by atoms with van der Waals surface area (Å²) in [5.74, 6) is 0.712. The Bertz CT molecular complexity index is 406. The van der Waals surface area contributed by atoms with Gasteiger partial charge >= 0.3 is 0 Å². The van der Waals surface area contributed by atoms with E-state index in [1.54, 1.807) is 0 Å². The van der Waals surface area contributed by atoms with Crippen LogP contribution in [0.5, 0.6) is 0 Å². The number of nitrogens with one attached hydrogen (secondary N) is 1. The Hall–Kier alpha value is -0.580. The molecule has 0 aromatic heterocycles. The SMILES string of the molecule is O=S(=O)(CCc1ccccc1)NCCCCCl. The van der Waals surface area contributed by atoms with Gasteiger partial charge < -0.3 is 0 Å². The lowest BCUT2D eigenvalue weighted by Crippen LogP contribution is -2.28. The molecule has 1 aromatic carbocycles. The van der Waals surface area contributed by atoms with Crippen molar-refractivity contribution < 1.29 is 8.42 Å². The van der Waals surface area contributed by atoms with E-state index < -0.39 is 10.0 Å². The number of alkyl halides is 1. The number of benzene rings is 1. The molecule has 1 N–H and O–H groups in total. The molecule has 0 saturated heterocycles. The average molecular weight is 276 g/mol. The molecule has 0 heterocycles. The minimum absolute atomic E-state index is 0.137. The van der Waals surface area contributed by atoms with E-state index >= 15 is 0 Å². The molecule has 0 saturated carbocycles. The number of aryl methyl sites for hydroxylation is 1. The van der Waals surface area contributed by atoms with E-state index in [2.05, 4.69) is 4.72 Å². The van der Waals surface area contributed by atoms with Crippen molar-refractivity contribution >= 4 is 21.6 Å². The summed E-state index contributed by atoms with van der Waals surface area (Å²) in [7, 11) is -3.15. The van der Waals surface area contributed by atoms with Gasteiger partial charge in [0.05, 0.1) is 5.75 Å². The molecule has 0 spiro atoms. The van der Waals surface area contributed by atoms with Crippen LogP contribution in [0.1, 0.15) is 18.4 Å². The Balaban J connectivity index is 2.30. The number of halogens is 1. The van der Waals surface area contributed by atoms with Crippen LogP contribution in [0.25, 0.3) is 0 Å². The van der Waals surface area contributed by atoms with E-state index in [0.717, 1.165) is 18.4 Å². The fourth-order valence-electron chi connectivity index (χ4n) is 1.42. The number of rotatable bonds is 8. The highest BCUT2D eigenvalue weighted by Gasteiger charge is 2.09. The van der Waals surface area contributed by atoms with E-state index in [4.69, 9.17) is 11.6 Å². The first-order valence-corrected chi connectivity index (χ1v) is 7.90. The van der Waals surface area contributed by atoms with E-state index in [1.807, 2.05) is 30.3 Å². The Morgan fingerprint density at radius 3 is 2.47 bits per heavy atom. The van der Waals surface area contributed by atoms with Crippen LogP contribution in [0, 0.1) is 0 Å². The molecule has 0 aliphatic carbocycles. The van der Waals surface area contributed by atoms with Gasteiger partial charge in [-0.2, -0.15) is 0 Å². The highest BCUT2D eigenvalue weighted by molar-refractivity contribution is 7.89. The smallest absolute Gasteiger partial charge is 0.211 e. The number of unbranched alkanes of at least 4 members (excludes halogenated alkanes) is 1. The van der Waals surface area contributed by atoms with E-state index in [1.165, 1.54) is 0 Å². The third-order valence-corrected chi connectivity index (χ3v) is 4.04. The molecule has 0 radical (unpaired) electrons. The van der Waals surface area contributed by atoms with E-state index in [9.17, 15) is 8.42 Å². The van der Waals surface area contributed by atoms with E-state index in [-0.39, 0.29) is 5.75 Å². The van der Waals surface area contributed by atoms with Gasteiger partial charge in [0.1, 0.15) is 0 Å². The molecule has 0 fully saturated rings. The van der Waals surface area contributed by atoms with Crippen LogP contribution < -0.4 is 4.72 Å². The van der Waals surface area contributed by atoms with Crippen LogP contribution in [0.15, 0.2) is 30.3 Å². The van der Waals surface area contributed by atoms with Crippen molar-refractivity contribution in [2.75, 3.05) is 18.2 Å². The summed E-state index contributed by atoms with van der Waals surface area (Å²) >= 11 is 5.52. The van der Waals surface area contributed by atoms with Crippen molar-refractivity contribution in [3.8, 4) is 0 Å². The molecule has 0 unspecified atom stereocenters. The Morgan fingerprint density at radius 2 is 1.82 bits per heavy atom. The second kappa shape index (κ2) is 7.69. The largest absolute Gasteiger partial charge is 0.215 e. The molecular weight excluding hydrogens is 258 g/mol. The topological polar surface area (TPSA) is 46.2 Å². The molecule has 96 valence electrons. The predicted octanol–water partition coefficient (Wildman–Crippen LogP) is 2.17. The van der Waals surface area contributed by atoms with Crippen LogP contribution in [0.3, 0.4) is 0 Å². The van der Waals surface area contributed by atoms with Gasteiger partial charge in [0, 0.05) is 12.4 Å². The fraction of sp³-hybridized carbons (Fsp3) is 0.500. The third kappa shape index (κ3) is 6.66. The molecule has 0 amide bonds. The summed E-state index contributed by atoms with van der Waals surface area (Å²) in [5.41, 5.74) is 1.04. The first-order valence-electron chi connectivity index (χ1n) is 5.71. The van der Waals surface area contributed by atoms with Gasteiger partial charge in [-0.25, -0.2) is 13.1 Å². The normalized spacial score (nSPS) is 11.6. The molecule has 5 heteroatoms. The lowest BCUT2D eigenvalue weighted by atomic mass is 10.2. The minimum Gasteiger partial charge on any atom is -0.215 e. The van der Waals surface area contributed by atoms with Crippen molar-refractivity contribution in [3.05, 3.63) is 35.9 Å². The maximum Gasteiger partial charge on any atom is 0.211 e. The molecular formula is C12H18ClNO2S. The summed E-state index contributed by atoms with van der Waals surface area (Å²) in [5, 5.41) is 0. The maximum atomic E-state index is 11.6.